The molecule has 2 atom stereocenters. The third kappa shape index (κ3) is 11.0. The van der Waals surface area contributed by atoms with Crippen LogP contribution in [0.25, 0.3) is 0 Å². The maximum Gasteiger partial charge on any atom is 0.303 e. The average molecular weight is 314 g/mol. The molecule has 0 bridgehead atoms. The summed E-state index contributed by atoms with van der Waals surface area (Å²) >= 11 is 0. The molecule has 1 rings (SSSR count). The molecule has 1 aliphatic rings. The van der Waals surface area contributed by atoms with E-state index in [0.717, 1.165) is 32.1 Å². The van der Waals surface area contributed by atoms with Crippen LogP contribution in [0.2, 0.25) is 0 Å². The van der Waals surface area contributed by atoms with Crippen molar-refractivity contribution in [3.05, 3.63) is 0 Å². The summed E-state index contributed by atoms with van der Waals surface area (Å²) in [5.74, 6) is -0.678. The molecule has 1 heterocycles. The molecule has 0 unspecified atom stereocenters. The van der Waals surface area contributed by atoms with Gasteiger partial charge in [-0.15, -0.1) is 0 Å². The van der Waals surface area contributed by atoms with Crippen LogP contribution in [-0.4, -0.2) is 35.0 Å². The molecule has 0 aromatic carbocycles. The van der Waals surface area contributed by atoms with E-state index in [1.165, 1.54) is 51.4 Å². The van der Waals surface area contributed by atoms with Crippen LogP contribution in [0, 0.1) is 0 Å². The number of hydrogen-bond acceptors (Lipinski definition) is 3. The first-order valence-electron chi connectivity index (χ1n) is 9.22. The lowest BCUT2D eigenvalue weighted by atomic mass is 10.0. The third-order valence-electron chi connectivity index (χ3n) is 4.46. The summed E-state index contributed by atoms with van der Waals surface area (Å²) in [7, 11) is 0. The van der Waals surface area contributed by atoms with Crippen molar-refractivity contribution in [1.29, 1.82) is 0 Å². The second-order valence-electron chi connectivity index (χ2n) is 6.55. The standard InChI is InChI=1S/C18H34O4/c19-15-11-7-2-1-4-8-12-16-17(22-16)13-9-5-3-6-10-14-18(20)21/h16-17,19H,1-15H2,(H,20,21)/t16-,17-/m0/s1. The van der Waals surface area contributed by atoms with Crippen LogP contribution in [0.3, 0.4) is 0 Å². The smallest absolute Gasteiger partial charge is 0.303 e. The summed E-state index contributed by atoms with van der Waals surface area (Å²) in [6.45, 7) is 0.331. The number of epoxide rings is 1. The highest BCUT2D eigenvalue weighted by atomic mass is 16.6. The Morgan fingerprint density at radius 3 is 1.68 bits per heavy atom. The number of carboxylic acids is 1. The summed E-state index contributed by atoms with van der Waals surface area (Å²) < 4.78 is 5.71. The first-order chi connectivity index (χ1) is 10.7. The molecule has 22 heavy (non-hydrogen) atoms. The van der Waals surface area contributed by atoms with Crippen molar-refractivity contribution < 1.29 is 19.7 Å². The number of carboxylic acid groups (broad SMARTS) is 1. The molecular formula is C18H34O4. The van der Waals surface area contributed by atoms with Crippen molar-refractivity contribution in [3.63, 3.8) is 0 Å². The minimum absolute atomic E-state index is 0.313. The molecule has 1 aliphatic heterocycles. The fraction of sp³-hybridized carbons (Fsp3) is 0.944. The van der Waals surface area contributed by atoms with Gasteiger partial charge >= 0.3 is 5.97 Å². The predicted molar refractivity (Wildman–Crippen MR) is 88.0 cm³/mol. The molecule has 0 amide bonds. The minimum Gasteiger partial charge on any atom is -0.481 e. The van der Waals surface area contributed by atoms with E-state index in [1.807, 2.05) is 0 Å². The molecule has 4 heteroatoms. The average Bonchev–Trinajstić information content (AvgIpc) is 3.23. The lowest BCUT2D eigenvalue weighted by Crippen LogP contribution is -1.95. The molecule has 4 nitrogen and oxygen atoms in total. The first kappa shape index (κ1) is 19.4. The van der Waals surface area contributed by atoms with E-state index in [-0.39, 0.29) is 0 Å². The fourth-order valence-electron chi connectivity index (χ4n) is 3.00. The van der Waals surface area contributed by atoms with E-state index in [9.17, 15) is 4.79 Å². The normalized spacial score (nSPS) is 20.2. The van der Waals surface area contributed by atoms with Gasteiger partial charge in [0, 0.05) is 13.0 Å². The van der Waals surface area contributed by atoms with Crippen molar-refractivity contribution in [1.82, 2.24) is 0 Å². The zero-order chi connectivity index (χ0) is 16.0. The van der Waals surface area contributed by atoms with Crippen molar-refractivity contribution in [2.24, 2.45) is 0 Å². The van der Waals surface area contributed by atoms with Gasteiger partial charge in [0.05, 0.1) is 12.2 Å². The Kier molecular flexibility index (Phi) is 11.4. The molecule has 2 N–H and O–H groups in total. The lowest BCUT2D eigenvalue weighted by molar-refractivity contribution is -0.137. The summed E-state index contributed by atoms with van der Waals surface area (Å²) in [4.78, 5) is 10.4. The monoisotopic (exact) mass is 314 g/mol. The van der Waals surface area contributed by atoms with Crippen LogP contribution in [0.4, 0.5) is 0 Å². The van der Waals surface area contributed by atoms with Gasteiger partial charge in [-0.05, 0) is 25.7 Å². The van der Waals surface area contributed by atoms with Gasteiger partial charge in [0.2, 0.25) is 0 Å². The zero-order valence-corrected chi connectivity index (χ0v) is 14.0. The van der Waals surface area contributed by atoms with Gasteiger partial charge in [0.25, 0.3) is 0 Å². The fourth-order valence-corrected chi connectivity index (χ4v) is 3.00. The lowest BCUT2D eigenvalue weighted by Gasteiger charge is -2.00. The van der Waals surface area contributed by atoms with Gasteiger partial charge in [-0.25, -0.2) is 0 Å². The van der Waals surface area contributed by atoms with Gasteiger partial charge in [-0.1, -0.05) is 57.8 Å². The molecule has 0 aliphatic carbocycles. The van der Waals surface area contributed by atoms with Gasteiger partial charge in [-0.2, -0.15) is 0 Å². The predicted octanol–water partition coefficient (Wildman–Crippen LogP) is 4.29. The van der Waals surface area contributed by atoms with Crippen LogP contribution in [-0.2, 0) is 9.53 Å². The van der Waals surface area contributed by atoms with Crippen LogP contribution >= 0.6 is 0 Å². The van der Waals surface area contributed by atoms with E-state index in [1.54, 1.807) is 0 Å². The van der Waals surface area contributed by atoms with Crippen molar-refractivity contribution >= 4 is 5.97 Å². The molecule has 1 fully saturated rings. The third-order valence-corrected chi connectivity index (χ3v) is 4.46. The van der Waals surface area contributed by atoms with Crippen molar-refractivity contribution in [2.45, 2.75) is 102 Å². The summed E-state index contributed by atoms with van der Waals surface area (Å²) in [5.41, 5.74) is 0. The van der Waals surface area contributed by atoms with E-state index < -0.39 is 5.97 Å². The maximum absolute atomic E-state index is 10.4. The molecule has 130 valence electrons. The van der Waals surface area contributed by atoms with Crippen LogP contribution in [0.1, 0.15) is 89.9 Å². The van der Waals surface area contributed by atoms with Gasteiger partial charge in [0.15, 0.2) is 0 Å². The van der Waals surface area contributed by atoms with Crippen LogP contribution in [0.5, 0.6) is 0 Å². The highest BCUT2D eigenvalue weighted by Crippen LogP contribution is 2.31. The van der Waals surface area contributed by atoms with Crippen molar-refractivity contribution in [3.8, 4) is 0 Å². The number of ether oxygens (including phenoxy) is 1. The van der Waals surface area contributed by atoms with Gasteiger partial charge in [-0.3, -0.25) is 4.79 Å². The Morgan fingerprint density at radius 2 is 1.18 bits per heavy atom. The number of aliphatic hydroxyl groups is 1. The number of unbranched alkanes of at least 4 members (excludes halogenated alkanes) is 9. The molecule has 0 aromatic heterocycles. The molecular weight excluding hydrogens is 280 g/mol. The Balaban J connectivity index is 1.76. The van der Waals surface area contributed by atoms with Gasteiger partial charge < -0.3 is 14.9 Å². The number of aliphatic hydroxyl groups excluding tert-OH is 1. The summed E-state index contributed by atoms with van der Waals surface area (Å²) in [6.07, 6.45) is 16.4. The number of rotatable bonds is 16. The summed E-state index contributed by atoms with van der Waals surface area (Å²) in [6, 6.07) is 0. The second-order valence-corrected chi connectivity index (χ2v) is 6.55. The van der Waals surface area contributed by atoms with E-state index in [4.69, 9.17) is 14.9 Å². The molecule has 0 saturated carbocycles. The largest absolute Gasteiger partial charge is 0.481 e. The minimum atomic E-state index is -0.678. The highest BCUT2D eigenvalue weighted by Gasteiger charge is 2.36. The SMILES string of the molecule is O=C(O)CCCCCCC[C@@H]1O[C@H]1CCCCCCCCO. The number of aliphatic carboxylic acids is 1. The van der Waals surface area contributed by atoms with Crippen molar-refractivity contribution in [2.75, 3.05) is 6.61 Å². The van der Waals surface area contributed by atoms with Crippen LogP contribution in [0.15, 0.2) is 0 Å². The van der Waals surface area contributed by atoms with E-state index in [0.29, 0.717) is 25.2 Å². The van der Waals surface area contributed by atoms with Crippen LogP contribution < -0.4 is 0 Å². The molecule has 0 spiro atoms. The first-order valence-corrected chi connectivity index (χ1v) is 9.22. The zero-order valence-electron chi connectivity index (χ0n) is 14.0. The topological polar surface area (TPSA) is 70.1 Å². The Morgan fingerprint density at radius 1 is 0.727 bits per heavy atom. The Labute approximate surface area is 135 Å². The highest BCUT2D eigenvalue weighted by molar-refractivity contribution is 5.66. The number of hydrogen-bond donors (Lipinski definition) is 2. The van der Waals surface area contributed by atoms with E-state index in [2.05, 4.69) is 0 Å². The molecule has 1 saturated heterocycles. The quantitative estimate of drug-likeness (QED) is 0.329. The Bertz CT molecular complexity index is 280. The second kappa shape index (κ2) is 12.9. The maximum atomic E-state index is 10.4. The molecule has 0 radical (unpaired) electrons. The van der Waals surface area contributed by atoms with Gasteiger partial charge in [0.1, 0.15) is 0 Å². The number of carbonyl (C=O) groups is 1. The summed E-state index contributed by atoms with van der Waals surface area (Å²) in [5, 5.41) is 17.2. The van der Waals surface area contributed by atoms with E-state index >= 15 is 0 Å². The Hall–Kier alpha value is -0.610. The molecule has 0 aromatic rings.